The average molecular weight is 201 g/mol. The number of nitrogens with two attached hydrogens (primary N) is 1. The molecule has 0 spiro atoms. The Morgan fingerprint density at radius 1 is 1.50 bits per heavy atom. The van der Waals surface area contributed by atoms with Crippen LogP contribution in [-0.2, 0) is 0 Å². The Labute approximate surface area is 92.0 Å². The van der Waals surface area contributed by atoms with E-state index in [0.29, 0.717) is 10.7 Å². The van der Waals surface area contributed by atoms with Crippen molar-refractivity contribution in [2.75, 3.05) is 11.1 Å². The van der Waals surface area contributed by atoms with E-state index in [0.717, 1.165) is 0 Å². The summed E-state index contributed by atoms with van der Waals surface area (Å²) in [5.74, 6) is 0.280. The molecule has 1 heterocycles. The van der Waals surface area contributed by atoms with E-state index in [4.69, 9.17) is 40.9 Å². The molecule has 0 unspecified atom stereocenters. The van der Waals surface area contributed by atoms with Crippen molar-refractivity contribution in [2.24, 2.45) is 0 Å². The normalized spacial score (nSPS) is 11.3. The van der Waals surface area contributed by atoms with Crippen LogP contribution in [0.4, 0.5) is 11.5 Å². The number of nitrogen functional groups attached to an aromatic ring is 1. The van der Waals surface area contributed by atoms with Gasteiger partial charge in [0.25, 0.3) is 0 Å². The Morgan fingerprint density at radius 3 is 2.57 bits per heavy atom. The van der Waals surface area contributed by atoms with Crippen molar-refractivity contribution in [3.63, 3.8) is 0 Å². The summed E-state index contributed by atoms with van der Waals surface area (Å²) in [6.45, 7) is 1.77. The number of aryl methyl sites for hydroxylation is 1. The van der Waals surface area contributed by atoms with Gasteiger partial charge in [0.05, 0.1) is 34.2 Å². The molecular weight excluding hydrogens is 194 g/mol. The molecule has 0 atom stereocenters. The van der Waals surface area contributed by atoms with Crippen LogP contribution in [0.2, 0.25) is 5.02 Å². The van der Waals surface area contributed by atoms with Crippen molar-refractivity contribution >= 4 is 46.6 Å². The fourth-order valence-corrected chi connectivity index (χ4v) is 1.19. The summed E-state index contributed by atoms with van der Waals surface area (Å²) in [5, 5.41) is 1.35. The van der Waals surface area contributed by atoms with Crippen LogP contribution in [0.3, 0.4) is 0 Å². The van der Waals surface area contributed by atoms with Crippen molar-refractivity contribution < 1.29 is 0 Å². The van der Waals surface area contributed by atoms with E-state index in [1.165, 1.54) is 0 Å². The van der Waals surface area contributed by atoms with Gasteiger partial charge in [-0.25, -0.2) is 4.98 Å². The van der Waals surface area contributed by atoms with Gasteiger partial charge in [0.2, 0.25) is 0 Å². The predicted octanol–water partition coefficient (Wildman–Crippen LogP) is 0.154. The van der Waals surface area contributed by atoms with E-state index < -0.39 is 5.24 Å². The Kier molecular flexibility index (Phi) is 3.05. The number of hydrogen-bond donors (Lipinski definition) is 2. The van der Waals surface area contributed by atoms with Crippen molar-refractivity contribution in [1.29, 1.82) is 0 Å². The number of nitrogens with one attached hydrogen (secondary N) is 1. The highest BCUT2D eigenvalue weighted by atomic mass is 35.5. The molecule has 0 fully saturated rings. The van der Waals surface area contributed by atoms with Crippen molar-refractivity contribution in [3.05, 3.63) is 16.8 Å². The highest BCUT2D eigenvalue weighted by Crippen LogP contribution is 2.26. The van der Waals surface area contributed by atoms with Gasteiger partial charge in [0, 0.05) is 5.69 Å². The lowest BCUT2D eigenvalue weighted by molar-refractivity contribution is 1.14. The molecule has 0 aliphatic heterocycles. The third kappa shape index (κ3) is 2.87. The fraction of sp³-hybridized carbons (Fsp3) is 0.286. The fourth-order valence-electron chi connectivity index (χ4n) is 0.943. The Morgan fingerprint density at radius 2 is 2.07 bits per heavy atom. The first-order valence-corrected chi connectivity index (χ1v) is 4.25. The van der Waals surface area contributed by atoms with E-state index in [2.05, 4.69) is 10.3 Å². The molecule has 0 bridgehead atoms. The van der Waals surface area contributed by atoms with Crippen LogP contribution in [0.15, 0.2) is 6.07 Å². The van der Waals surface area contributed by atoms with Crippen LogP contribution in [-0.4, -0.2) is 33.8 Å². The minimum Gasteiger partial charge on any atom is -0.395 e. The number of rotatable bonds is 2. The first kappa shape index (κ1) is 11.3. The molecule has 0 saturated carbocycles. The summed E-state index contributed by atoms with van der Waals surface area (Å²) in [7, 11) is 16.0. The summed E-state index contributed by atoms with van der Waals surface area (Å²) in [6.07, 6.45) is 0. The van der Waals surface area contributed by atoms with Crippen LogP contribution in [0.25, 0.3) is 0 Å². The van der Waals surface area contributed by atoms with E-state index >= 15 is 0 Å². The standard InChI is InChI=1S/C7H7B3ClN3/c1-3-2-4(11)5(12)6(13-3)14-7(8,9)10/h2H,12H2,1H3,(H,13,14). The molecule has 66 valence electrons. The third-order valence-electron chi connectivity index (χ3n) is 1.47. The minimum atomic E-state index is -1.57. The number of halogens is 1. The zero-order valence-electron chi connectivity index (χ0n) is 7.71. The number of pyridine rings is 1. The SMILES string of the molecule is [B]C([B])([B])Nc1nc(C)cc(Cl)c1N. The quantitative estimate of drug-likeness (QED) is 0.670. The molecule has 1 aromatic heterocycles. The Hall–Kier alpha value is -0.765. The van der Waals surface area contributed by atoms with Gasteiger partial charge in [-0.1, -0.05) is 16.8 Å². The lowest BCUT2D eigenvalue weighted by Crippen LogP contribution is -2.40. The highest BCUT2D eigenvalue weighted by Gasteiger charge is 2.13. The van der Waals surface area contributed by atoms with Gasteiger partial charge in [-0.3, -0.25) is 0 Å². The van der Waals surface area contributed by atoms with Gasteiger partial charge in [-0.15, -0.1) is 0 Å². The minimum absolute atomic E-state index is 0.267. The number of nitrogens with zero attached hydrogens (tertiary/aromatic N) is 1. The summed E-state index contributed by atoms with van der Waals surface area (Å²) < 4.78 is 0. The van der Waals surface area contributed by atoms with Crippen LogP contribution >= 0.6 is 11.6 Å². The first-order valence-electron chi connectivity index (χ1n) is 3.87. The smallest absolute Gasteiger partial charge is 0.149 e. The summed E-state index contributed by atoms with van der Waals surface area (Å²) in [5.41, 5.74) is 6.59. The number of aromatic nitrogens is 1. The molecule has 1 aromatic rings. The molecule has 1 rings (SSSR count). The van der Waals surface area contributed by atoms with E-state index in [1.807, 2.05) is 0 Å². The van der Waals surface area contributed by atoms with E-state index in [1.54, 1.807) is 13.0 Å². The maximum absolute atomic E-state index is 5.82. The molecule has 0 aromatic carbocycles. The molecule has 0 aliphatic rings. The number of anilines is 2. The van der Waals surface area contributed by atoms with Crippen molar-refractivity contribution in [3.8, 4) is 0 Å². The molecular formula is C7H7B3ClN3. The molecule has 14 heavy (non-hydrogen) atoms. The van der Waals surface area contributed by atoms with E-state index in [-0.39, 0.29) is 11.5 Å². The zero-order chi connectivity index (χ0) is 10.9. The average Bonchev–Trinajstić information content (AvgIpc) is 1.96. The van der Waals surface area contributed by atoms with Crippen LogP contribution in [0.5, 0.6) is 0 Å². The van der Waals surface area contributed by atoms with Crippen molar-refractivity contribution in [1.82, 2.24) is 4.98 Å². The molecule has 7 heteroatoms. The Bertz CT molecular complexity index is 351. The third-order valence-corrected chi connectivity index (χ3v) is 1.78. The number of hydrogen-bond acceptors (Lipinski definition) is 3. The summed E-state index contributed by atoms with van der Waals surface area (Å²) in [6, 6.07) is 1.63. The van der Waals surface area contributed by atoms with Gasteiger partial charge >= 0.3 is 0 Å². The molecule has 0 aliphatic carbocycles. The van der Waals surface area contributed by atoms with Crippen LogP contribution in [0, 0.1) is 6.92 Å². The molecule has 3 N–H and O–H groups in total. The second-order valence-electron chi connectivity index (χ2n) is 3.07. The first-order chi connectivity index (χ1) is 6.29. The van der Waals surface area contributed by atoms with Gasteiger partial charge in [-0.05, 0) is 13.0 Å². The van der Waals surface area contributed by atoms with Gasteiger partial charge in [-0.2, -0.15) is 0 Å². The molecule has 0 saturated heterocycles. The lowest BCUT2D eigenvalue weighted by atomic mass is 9.49. The monoisotopic (exact) mass is 201 g/mol. The largest absolute Gasteiger partial charge is 0.395 e. The molecule has 6 radical (unpaired) electrons. The maximum atomic E-state index is 5.82. The van der Waals surface area contributed by atoms with Crippen molar-refractivity contribution in [2.45, 2.75) is 12.2 Å². The maximum Gasteiger partial charge on any atom is 0.149 e. The van der Waals surface area contributed by atoms with Gasteiger partial charge < -0.3 is 11.1 Å². The zero-order valence-corrected chi connectivity index (χ0v) is 8.47. The second kappa shape index (κ2) is 3.77. The predicted molar refractivity (Wildman–Crippen MR) is 62.0 cm³/mol. The summed E-state index contributed by atoms with van der Waals surface area (Å²) in [4.78, 5) is 4.06. The lowest BCUT2D eigenvalue weighted by Gasteiger charge is -2.24. The van der Waals surface area contributed by atoms with Gasteiger partial charge in [0.15, 0.2) is 0 Å². The Balaban J connectivity index is 3.09. The van der Waals surface area contributed by atoms with E-state index in [9.17, 15) is 0 Å². The van der Waals surface area contributed by atoms with Crippen LogP contribution in [0.1, 0.15) is 5.69 Å². The summed E-state index contributed by atoms with van der Waals surface area (Å²) >= 11 is 5.82. The highest BCUT2D eigenvalue weighted by molar-refractivity contribution is 6.60. The molecule has 0 amide bonds. The molecule has 3 nitrogen and oxygen atoms in total. The topological polar surface area (TPSA) is 50.9 Å². The van der Waals surface area contributed by atoms with Gasteiger partial charge in [0.1, 0.15) is 5.82 Å². The second-order valence-corrected chi connectivity index (χ2v) is 3.47. The van der Waals surface area contributed by atoms with Crippen LogP contribution < -0.4 is 11.1 Å².